The Labute approximate surface area is 132 Å². The zero-order valence-corrected chi connectivity index (χ0v) is 13.8. The molecular weight excluding hydrogens is 282 g/mol. The van der Waals surface area contributed by atoms with Crippen molar-refractivity contribution in [2.24, 2.45) is 0 Å². The van der Waals surface area contributed by atoms with Crippen molar-refractivity contribution in [3.05, 3.63) is 21.9 Å². The van der Waals surface area contributed by atoms with Gasteiger partial charge in [-0.05, 0) is 25.5 Å². The third-order valence-corrected chi connectivity index (χ3v) is 4.65. The van der Waals surface area contributed by atoms with Crippen LogP contribution >= 0.6 is 11.3 Å². The summed E-state index contributed by atoms with van der Waals surface area (Å²) in [6.07, 6.45) is 0. The fourth-order valence-corrected chi connectivity index (χ4v) is 3.30. The molecule has 0 spiro atoms. The fraction of sp³-hybridized carbons (Fsp3) is 0.625. The maximum Gasteiger partial charge on any atom is 0.104 e. The predicted molar refractivity (Wildman–Crippen MR) is 88.6 cm³/mol. The summed E-state index contributed by atoms with van der Waals surface area (Å²) in [5.74, 6) is 5.79. The number of likely N-dealkylation sites (N-methyl/N-ethyl adjacent to an activating group) is 1. The zero-order chi connectivity index (χ0) is 15.1. The normalized spacial score (nSPS) is 17.0. The molecule has 0 bridgehead atoms. The topological polar surface area (TPSA) is 30.0 Å². The molecule has 116 valence electrons. The monoisotopic (exact) mass is 307 g/mol. The maximum atomic E-state index is 8.81. The number of rotatable bonds is 5. The van der Waals surface area contributed by atoms with Gasteiger partial charge in [0.1, 0.15) is 6.61 Å². The number of hydrogen-bond acceptors (Lipinski definition) is 5. The first-order chi connectivity index (χ1) is 10.2. The van der Waals surface area contributed by atoms with E-state index in [-0.39, 0.29) is 6.61 Å². The molecule has 0 radical (unpaired) electrons. The van der Waals surface area contributed by atoms with Gasteiger partial charge < -0.3 is 10.0 Å². The van der Waals surface area contributed by atoms with E-state index < -0.39 is 0 Å². The van der Waals surface area contributed by atoms with E-state index in [1.54, 1.807) is 11.3 Å². The molecule has 1 aliphatic heterocycles. The third-order valence-electron chi connectivity index (χ3n) is 3.74. The summed E-state index contributed by atoms with van der Waals surface area (Å²) in [4.78, 5) is 8.60. The minimum atomic E-state index is -0.0696. The molecule has 4 nitrogen and oxygen atoms in total. The molecule has 1 saturated heterocycles. The molecule has 2 rings (SSSR count). The van der Waals surface area contributed by atoms with Gasteiger partial charge in [0.25, 0.3) is 0 Å². The second-order valence-corrected chi connectivity index (χ2v) is 6.64. The van der Waals surface area contributed by atoms with Crippen LogP contribution in [0.4, 0.5) is 0 Å². The molecule has 0 aliphatic carbocycles. The Morgan fingerprint density at radius 3 is 2.62 bits per heavy atom. The first kappa shape index (κ1) is 16.5. The molecule has 1 aliphatic rings. The van der Waals surface area contributed by atoms with Crippen molar-refractivity contribution in [1.82, 2.24) is 14.7 Å². The Bertz CT molecular complexity index is 481. The van der Waals surface area contributed by atoms with E-state index in [1.807, 2.05) is 0 Å². The number of aliphatic hydroxyl groups is 1. The van der Waals surface area contributed by atoms with E-state index >= 15 is 0 Å². The zero-order valence-electron chi connectivity index (χ0n) is 13.0. The molecule has 2 heterocycles. The predicted octanol–water partition coefficient (Wildman–Crippen LogP) is 0.771. The number of nitrogens with zero attached hydrogens (tertiary/aromatic N) is 3. The van der Waals surface area contributed by atoms with Crippen molar-refractivity contribution in [3.63, 3.8) is 0 Å². The molecular formula is C16H25N3OS. The minimum absolute atomic E-state index is 0.0696. The van der Waals surface area contributed by atoms with Crippen LogP contribution in [0.15, 0.2) is 11.4 Å². The quantitative estimate of drug-likeness (QED) is 0.814. The van der Waals surface area contributed by atoms with Gasteiger partial charge in [-0.2, -0.15) is 0 Å². The summed E-state index contributed by atoms with van der Waals surface area (Å²) in [5, 5.41) is 10.9. The molecule has 1 fully saturated rings. The lowest BCUT2D eigenvalue weighted by atomic mass is 10.2. The van der Waals surface area contributed by atoms with Crippen molar-refractivity contribution < 1.29 is 5.11 Å². The summed E-state index contributed by atoms with van der Waals surface area (Å²) in [6, 6.07) is 2.05. The second kappa shape index (κ2) is 8.52. The smallest absolute Gasteiger partial charge is 0.104 e. The van der Waals surface area contributed by atoms with Crippen LogP contribution < -0.4 is 0 Å². The maximum absolute atomic E-state index is 8.81. The Hall–Kier alpha value is -0.900. The lowest BCUT2D eigenvalue weighted by molar-refractivity contribution is 0.121. The van der Waals surface area contributed by atoms with E-state index in [9.17, 15) is 0 Å². The molecule has 0 unspecified atom stereocenters. The SMILES string of the molecule is CN(C)CCN1CCN(Cc2sccc2C#CCO)CC1. The summed E-state index contributed by atoms with van der Waals surface area (Å²) < 4.78 is 0. The van der Waals surface area contributed by atoms with Crippen LogP contribution in [0.25, 0.3) is 0 Å². The summed E-state index contributed by atoms with van der Waals surface area (Å²) >= 11 is 1.76. The second-order valence-electron chi connectivity index (χ2n) is 5.64. The van der Waals surface area contributed by atoms with Gasteiger partial charge in [-0.3, -0.25) is 9.80 Å². The summed E-state index contributed by atoms with van der Waals surface area (Å²) in [5.41, 5.74) is 1.07. The largest absolute Gasteiger partial charge is 0.384 e. The van der Waals surface area contributed by atoms with E-state index in [1.165, 1.54) is 4.88 Å². The standard InChI is InChI=1S/C16H25N3OS/c1-17(2)6-7-18-8-10-19(11-9-18)14-16-15(4-3-12-20)5-13-21-16/h5,13,20H,6-12,14H2,1-2H3. The lowest BCUT2D eigenvalue weighted by Crippen LogP contribution is -2.47. The Kier molecular flexibility index (Phi) is 6.68. The van der Waals surface area contributed by atoms with Gasteiger partial charge in [-0.1, -0.05) is 11.8 Å². The molecule has 1 N–H and O–H groups in total. The van der Waals surface area contributed by atoms with Gasteiger partial charge in [-0.25, -0.2) is 0 Å². The van der Waals surface area contributed by atoms with Crippen LogP contribution in [0, 0.1) is 11.8 Å². The van der Waals surface area contributed by atoms with Crippen LogP contribution in [0.1, 0.15) is 10.4 Å². The molecule has 5 heteroatoms. The van der Waals surface area contributed by atoms with E-state index in [0.717, 1.165) is 51.4 Å². The average molecular weight is 307 g/mol. The fourth-order valence-electron chi connectivity index (χ4n) is 2.42. The Balaban J connectivity index is 1.80. The van der Waals surface area contributed by atoms with Gasteiger partial charge in [0.2, 0.25) is 0 Å². The van der Waals surface area contributed by atoms with Crippen LogP contribution in [0.5, 0.6) is 0 Å². The summed E-state index contributed by atoms with van der Waals surface area (Å²) in [7, 11) is 4.25. The van der Waals surface area contributed by atoms with Crippen LogP contribution in [0.2, 0.25) is 0 Å². The first-order valence-corrected chi connectivity index (χ1v) is 8.32. The molecule has 0 aromatic carbocycles. The summed E-state index contributed by atoms with van der Waals surface area (Å²) in [6.45, 7) is 7.75. The van der Waals surface area contributed by atoms with Crippen LogP contribution in [-0.2, 0) is 6.54 Å². The molecule has 0 atom stereocenters. The average Bonchev–Trinajstić information content (AvgIpc) is 2.91. The van der Waals surface area contributed by atoms with Crippen molar-refractivity contribution >= 4 is 11.3 Å². The van der Waals surface area contributed by atoms with Crippen molar-refractivity contribution in [1.29, 1.82) is 0 Å². The Morgan fingerprint density at radius 2 is 1.95 bits per heavy atom. The molecule has 21 heavy (non-hydrogen) atoms. The highest BCUT2D eigenvalue weighted by Gasteiger charge is 2.17. The van der Waals surface area contributed by atoms with Crippen molar-refractivity contribution in [2.45, 2.75) is 6.54 Å². The first-order valence-electron chi connectivity index (χ1n) is 7.44. The molecule has 0 saturated carbocycles. The number of hydrogen-bond donors (Lipinski definition) is 1. The Morgan fingerprint density at radius 1 is 1.24 bits per heavy atom. The molecule has 1 aromatic heterocycles. The van der Waals surface area contributed by atoms with Gasteiger partial charge in [-0.15, -0.1) is 11.3 Å². The third kappa shape index (κ3) is 5.42. The lowest BCUT2D eigenvalue weighted by Gasteiger charge is -2.35. The van der Waals surface area contributed by atoms with Gasteiger partial charge >= 0.3 is 0 Å². The van der Waals surface area contributed by atoms with Crippen molar-refractivity contribution in [3.8, 4) is 11.8 Å². The highest BCUT2D eigenvalue weighted by atomic mass is 32.1. The highest BCUT2D eigenvalue weighted by molar-refractivity contribution is 7.10. The van der Waals surface area contributed by atoms with Crippen LogP contribution in [0.3, 0.4) is 0 Å². The minimum Gasteiger partial charge on any atom is -0.384 e. The van der Waals surface area contributed by atoms with Gasteiger partial charge in [0.15, 0.2) is 0 Å². The highest BCUT2D eigenvalue weighted by Crippen LogP contribution is 2.19. The number of aliphatic hydroxyl groups excluding tert-OH is 1. The van der Waals surface area contributed by atoms with Gasteiger partial charge in [0.05, 0.1) is 0 Å². The molecule has 1 aromatic rings. The molecule has 0 amide bonds. The van der Waals surface area contributed by atoms with E-state index in [2.05, 4.69) is 52.1 Å². The van der Waals surface area contributed by atoms with E-state index in [4.69, 9.17) is 5.11 Å². The van der Waals surface area contributed by atoms with Crippen LogP contribution in [-0.4, -0.2) is 79.8 Å². The van der Waals surface area contributed by atoms with Gasteiger partial charge in [0, 0.05) is 56.3 Å². The number of piperazine rings is 1. The number of thiophene rings is 1. The van der Waals surface area contributed by atoms with E-state index in [0.29, 0.717) is 0 Å². The van der Waals surface area contributed by atoms with Crippen molar-refractivity contribution in [2.75, 3.05) is 60.0 Å².